The van der Waals surface area contributed by atoms with E-state index in [9.17, 15) is 4.79 Å². The minimum absolute atomic E-state index is 0.163. The number of carbonyl (C=O) groups excluding carboxylic acids is 1. The Bertz CT molecular complexity index is 528. The molecule has 1 heterocycles. The minimum atomic E-state index is -0.660. The second kappa shape index (κ2) is 6.11. The summed E-state index contributed by atoms with van der Waals surface area (Å²) in [5.41, 5.74) is 7.55. The molecule has 1 aromatic carbocycles. The van der Waals surface area contributed by atoms with Crippen molar-refractivity contribution in [2.24, 2.45) is 5.73 Å². The van der Waals surface area contributed by atoms with Crippen LogP contribution in [0.1, 0.15) is 30.3 Å². The van der Waals surface area contributed by atoms with Crippen molar-refractivity contribution in [1.29, 1.82) is 0 Å². The number of nitrogens with one attached hydrogen (secondary N) is 1. The van der Waals surface area contributed by atoms with Gasteiger partial charge in [-0.2, -0.15) is 0 Å². The molecule has 2 rings (SSSR count). The fourth-order valence-corrected chi connectivity index (χ4v) is 1.82. The Kier molecular flexibility index (Phi) is 4.26. The summed E-state index contributed by atoms with van der Waals surface area (Å²) in [6.07, 6.45) is 1.70. The zero-order chi connectivity index (χ0) is 13.7. The monoisotopic (exact) mass is 255 g/mol. The van der Waals surface area contributed by atoms with Crippen molar-refractivity contribution in [2.45, 2.75) is 19.0 Å². The van der Waals surface area contributed by atoms with Gasteiger partial charge < -0.3 is 11.1 Å². The molecule has 0 unspecified atom stereocenters. The predicted molar refractivity (Wildman–Crippen MR) is 74.2 cm³/mol. The van der Waals surface area contributed by atoms with Gasteiger partial charge in [0.1, 0.15) is 6.04 Å². The highest BCUT2D eigenvalue weighted by Crippen LogP contribution is 2.13. The largest absolute Gasteiger partial charge is 0.346 e. The highest BCUT2D eigenvalue weighted by molar-refractivity contribution is 5.83. The Morgan fingerprint density at radius 2 is 1.84 bits per heavy atom. The molecule has 0 saturated carbocycles. The summed E-state index contributed by atoms with van der Waals surface area (Å²) < 4.78 is 0. The van der Waals surface area contributed by atoms with Crippen molar-refractivity contribution in [3.8, 4) is 0 Å². The van der Waals surface area contributed by atoms with E-state index in [1.54, 1.807) is 6.20 Å². The van der Waals surface area contributed by atoms with Gasteiger partial charge in [-0.3, -0.25) is 9.78 Å². The van der Waals surface area contributed by atoms with E-state index in [1.807, 2.05) is 55.5 Å². The molecular formula is C15H17N3O. The van der Waals surface area contributed by atoms with Gasteiger partial charge in [-0.1, -0.05) is 36.4 Å². The molecule has 1 aromatic heterocycles. The number of nitrogens with two attached hydrogens (primary N) is 1. The Labute approximate surface area is 112 Å². The normalized spacial score (nSPS) is 13.6. The summed E-state index contributed by atoms with van der Waals surface area (Å²) in [4.78, 5) is 16.3. The first-order valence-corrected chi connectivity index (χ1v) is 6.20. The molecule has 0 aliphatic carbocycles. The summed E-state index contributed by atoms with van der Waals surface area (Å²) in [6.45, 7) is 1.89. The van der Waals surface area contributed by atoms with Crippen molar-refractivity contribution in [3.05, 3.63) is 66.0 Å². The number of amides is 1. The van der Waals surface area contributed by atoms with Gasteiger partial charge in [-0.15, -0.1) is 0 Å². The second-order valence-electron chi connectivity index (χ2n) is 4.37. The number of carbonyl (C=O) groups is 1. The smallest absolute Gasteiger partial charge is 0.242 e. The third kappa shape index (κ3) is 3.39. The van der Waals surface area contributed by atoms with Crippen LogP contribution in [0.3, 0.4) is 0 Å². The van der Waals surface area contributed by atoms with E-state index >= 15 is 0 Å². The van der Waals surface area contributed by atoms with Crippen LogP contribution in [0.4, 0.5) is 0 Å². The SMILES string of the molecule is C[C@@H](NC(=O)[C@H](N)c1ccccc1)c1ccccn1. The van der Waals surface area contributed by atoms with Crippen molar-refractivity contribution in [3.63, 3.8) is 0 Å². The van der Waals surface area contributed by atoms with Crippen LogP contribution >= 0.6 is 0 Å². The molecule has 4 heteroatoms. The highest BCUT2D eigenvalue weighted by atomic mass is 16.2. The molecule has 4 nitrogen and oxygen atoms in total. The van der Waals surface area contributed by atoms with Gasteiger partial charge in [0, 0.05) is 6.20 Å². The number of hydrogen-bond donors (Lipinski definition) is 2. The van der Waals surface area contributed by atoms with E-state index in [2.05, 4.69) is 10.3 Å². The van der Waals surface area contributed by atoms with Gasteiger partial charge in [0.2, 0.25) is 5.91 Å². The van der Waals surface area contributed by atoms with Crippen LogP contribution in [-0.2, 0) is 4.79 Å². The lowest BCUT2D eigenvalue weighted by Gasteiger charge is -2.17. The fourth-order valence-electron chi connectivity index (χ4n) is 1.82. The summed E-state index contributed by atoms with van der Waals surface area (Å²) in [7, 11) is 0. The molecule has 0 bridgehead atoms. The Balaban J connectivity index is 2.02. The van der Waals surface area contributed by atoms with E-state index in [0.29, 0.717) is 0 Å². The van der Waals surface area contributed by atoms with Crippen LogP contribution < -0.4 is 11.1 Å². The van der Waals surface area contributed by atoms with Crippen LogP contribution in [0, 0.1) is 0 Å². The second-order valence-corrected chi connectivity index (χ2v) is 4.37. The van der Waals surface area contributed by atoms with Crippen molar-refractivity contribution in [1.82, 2.24) is 10.3 Å². The third-order valence-corrected chi connectivity index (χ3v) is 2.93. The number of nitrogens with zero attached hydrogens (tertiary/aromatic N) is 1. The van der Waals surface area contributed by atoms with Gasteiger partial charge in [-0.05, 0) is 24.6 Å². The lowest BCUT2D eigenvalue weighted by molar-refractivity contribution is -0.123. The van der Waals surface area contributed by atoms with E-state index in [4.69, 9.17) is 5.73 Å². The lowest BCUT2D eigenvalue weighted by Crippen LogP contribution is -2.35. The number of pyridine rings is 1. The Morgan fingerprint density at radius 3 is 2.47 bits per heavy atom. The van der Waals surface area contributed by atoms with Gasteiger partial charge in [0.25, 0.3) is 0 Å². The molecule has 19 heavy (non-hydrogen) atoms. The molecule has 0 saturated heterocycles. The molecule has 1 amide bonds. The highest BCUT2D eigenvalue weighted by Gasteiger charge is 2.18. The summed E-state index contributed by atoms with van der Waals surface area (Å²) in [5, 5.41) is 2.87. The van der Waals surface area contributed by atoms with Gasteiger partial charge in [0.15, 0.2) is 0 Å². The van der Waals surface area contributed by atoms with Crippen LogP contribution in [0.2, 0.25) is 0 Å². The van der Waals surface area contributed by atoms with Crippen molar-refractivity contribution < 1.29 is 4.79 Å². The number of hydrogen-bond acceptors (Lipinski definition) is 3. The summed E-state index contributed by atoms with van der Waals surface area (Å²) >= 11 is 0. The fraction of sp³-hybridized carbons (Fsp3) is 0.200. The molecule has 2 atom stereocenters. The maximum Gasteiger partial charge on any atom is 0.242 e. The van der Waals surface area contributed by atoms with Crippen LogP contribution in [0.15, 0.2) is 54.7 Å². The lowest BCUT2D eigenvalue weighted by atomic mass is 10.1. The van der Waals surface area contributed by atoms with E-state index in [1.165, 1.54) is 0 Å². The Morgan fingerprint density at radius 1 is 1.16 bits per heavy atom. The average Bonchev–Trinajstić information content (AvgIpc) is 2.48. The Hall–Kier alpha value is -2.20. The zero-order valence-electron chi connectivity index (χ0n) is 10.8. The molecule has 0 spiro atoms. The van der Waals surface area contributed by atoms with Gasteiger partial charge in [-0.25, -0.2) is 0 Å². The van der Waals surface area contributed by atoms with Crippen LogP contribution in [0.5, 0.6) is 0 Å². The predicted octanol–water partition coefficient (Wildman–Crippen LogP) is 1.96. The molecule has 0 fully saturated rings. The van der Waals surface area contributed by atoms with Gasteiger partial charge in [0.05, 0.1) is 11.7 Å². The minimum Gasteiger partial charge on any atom is -0.346 e. The molecule has 0 aliphatic heterocycles. The molecule has 0 radical (unpaired) electrons. The third-order valence-electron chi connectivity index (χ3n) is 2.93. The molecule has 0 aliphatic rings. The number of aromatic nitrogens is 1. The van der Waals surface area contributed by atoms with Crippen molar-refractivity contribution in [2.75, 3.05) is 0 Å². The first-order chi connectivity index (χ1) is 9.18. The van der Waals surface area contributed by atoms with Crippen molar-refractivity contribution >= 4 is 5.91 Å². The van der Waals surface area contributed by atoms with E-state index in [0.717, 1.165) is 11.3 Å². The maximum atomic E-state index is 12.1. The van der Waals surface area contributed by atoms with E-state index in [-0.39, 0.29) is 11.9 Å². The quantitative estimate of drug-likeness (QED) is 0.877. The summed E-state index contributed by atoms with van der Waals surface area (Å²) in [6, 6.07) is 14.1. The molecule has 98 valence electrons. The maximum absolute atomic E-state index is 12.1. The number of benzene rings is 1. The standard InChI is InChI=1S/C15H17N3O/c1-11(13-9-5-6-10-17-13)18-15(19)14(16)12-7-3-2-4-8-12/h2-11,14H,16H2,1H3,(H,18,19)/t11-,14-/m1/s1. The first-order valence-electron chi connectivity index (χ1n) is 6.20. The summed E-state index contributed by atoms with van der Waals surface area (Å²) in [5.74, 6) is -0.204. The zero-order valence-corrected chi connectivity index (χ0v) is 10.8. The topological polar surface area (TPSA) is 68.0 Å². The van der Waals surface area contributed by atoms with Crippen LogP contribution in [-0.4, -0.2) is 10.9 Å². The average molecular weight is 255 g/mol. The molecule has 2 aromatic rings. The van der Waals surface area contributed by atoms with Crippen LogP contribution in [0.25, 0.3) is 0 Å². The molecule has 3 N–H and O–H groups in total. The first kappa shape index (κ1) is 13.2. The number of rotatable bonds is 4. The van der Waals surface area contributed by atoms with Gasteiger partial charge >= 0.3 is 0 Å². The van der Waals surface area contributed by atoms with E-state index < -0.39 is 6.04 Å². The molecular weight excluding hydrogens is 238 g/mol.